The molecule has 0 aliphatic rings. The van der Waals surface area contributed by atoms with Crippen LogP contribution in [0.1, 0.15) is 20.3 Å². The molecule has 0 saturated heterocycles. The lowest BCUT2D eigenvalue weighted by atomic mass is 10.1. The molecule has 0 radical (unpaired) electrons. The lowest BCUT2D eigenvalue weighted by Gasteiger charge is -2.17. The van der Waals surface area contributed by atoms with Gasteiger partial charge < -0.3 is 14.6 Å². The molecule has 8 nitrogen and oxygen atoms in total. The van der Waals surface area contributed by atoms with Crippen LogP contribution in [0.15, 0.2) is 53.2 Å². The summed E-state index contributed by atoms with van der Waals surface area (Å²) >= 11 is 0. The number of benzene rings is 1. The van der Waals surface area contributed by atoms with Gasteiger partial charge in [-0.2, -0.15) is 10.1 Å². The molecule has 30 heavy (non-hydrogen) atoms. The van der Waals surface area contributed by atoms with Gasteiger partial charge in [0.1, 0.15) is 5.69 Å². The summed E-state index contributed by atoms with van der Waals surface area (Å²) in [4.78, 5) is 23.1. The molecule has 3 aromatic heterocycles. The number of nitrogens with zero attached hydrogens (tertiary/aromatic N) is 4. The van der Waals surface area contributed by atoms with Crippen LogP contribution in [0.3, 0.4) is 0 Å². The van der Waals surface area contributed by atoms with Crippen molar-refractivity contribution >= 4 is 22.8 Å². The van der Waals surface area contributed by atoms with Crippen LogP contribution in [0.2, 0.25) is 0 Å². The smallest absolute Gasteiger partial charge is 0.232 e. The number of fused-ring (bicyclic) bond motifs is 1. The van der Waals surface area contributed by atoms with E-state index in [2.05, 4.69) is 44.2 Å². The zero-order valence-electron chi connectivity index (χ0n) is 17.1. The number of aromatic amines is 1. The zero-order valence-corrected chi connectivity index (χ0v) is 17.1. The molecule has 0 bridgehead atoms. The second-order valence-electron chi connectivity index (χ2n) is 6.89. The SMILES string of the molecule is CCN(CC)CCC(=O)Nc1ccc(-c2n[nH]cc2-c2nc3ncccc3o2)cc1. The molecule has 0 atom stereocenters. The minimum atomic E-state index is 0.00841. The number of carbonyl (C=O) groups is 1. The van der Waals surface area contributed by atoms with Crippen molar-refractivity contribution < 1.29 is 9.21 Å². The molecule has 8 heteroatoms. The Kier molecular flexibility index (Phi) is 5.85. The maximum absolute atomic E-state index is 12.2. The molecule has 3 heterocycles. The van der Waals surface area contributed by atoms with Crippen molar-refractivity contribution in [2.75, 3.05) is 25.0 Å². The van der Waals surface area contributed by atoms with E-state index in [1.54, 1.807) is 12.4 Å². The standard InChI is InChI=1S/C22H24N6O2/c1-3-28(4-2)13-11-19(29)25-16-9-7-15(8-10-16)20-17(14-24-27-20)22-26-21-18(30-22)6-5-12-23-21/h5-10,12,14H,3-4,11,13H2,1-2H3,(H,24,27)(H,25,29). The van der Waals surface area contributed by atoms with E-state index in [1.807, 2.05) is 36.4 Å². The summed E-state index contributed by atoms with van der Waals surface area (Å²) in [6.45, 7) is 6.84. The summed E-state index contributed by atoms with van der Waals surface area (Å²) in [5.41, 5.74) is 4.31. The van der Waals surface area contributed by atoms with Crippen molar-refractivity contribution in [2.45, 2.75) is 20.3 Å². The van der Waals surface area contributed by atoms with E-state index in [0.717, 1.165) is 42.1 Å². The van der Waals surface area contributed by atoms with Gasteiger partial charge in [0.2, 0.25) is 11.8 Å². The number of oxazole rings is 1. The predicted octanol–water partition coefficient (Wildman–Crippen LogP) is 3.95. The van der Waals surface area contributed by atoms with Crippen molar-refractivity contribution in [1.82, 2.24) is 25.1 Å². The average molecular weight is 404 g/mol. The van der Waals surface area contributed by atoms with E-state index in [-0.39, 0.29) is 5.91 Å². The second kappa shape index (κ2) is 8.87. The minimum Gasteiger partial charge on any atom is -0.434 e. The number of rotatable bonds is 8. The van der Waals surface area contributed by atoms with Gasteiger partial charge in [0.05, 0.1) is 5.56 Å². The average Bonchev–Trinajstić information content (AvgIpc) is 3.42. The molecule has 0 fully saturated rings. The third kappa shape index (κ3) is 4.23. The molecule has 0 aliphatic carbocycles. The fourth-order valence-corrected chi connectivity index (χ4v) is 3.29. The van der Waals surface area contributed by atoms with Crippen LogP contribution in [0.25, 0.3) is 33.9 Å². The van der Waals surface area contributed by atoms with E-state index in [4.69, 9.17) is 4.42 Å². The topological polar surface area (TPSA) is 99.9 Å². The van der Waals surface area contributed by atoms with Crippen molar-refractivity contribution in [3.8, 4) is 22.7 Å². The third-order valence-electron chi connectivity index (χ3n) is 5.03. The van der Waals surface area contributed by atoms with Crippen LogP contribution in [0.5, 0.6) is 0 Å². The van der Waals surface area contributed by atoms with Gasteiger partial charge in [0.15, 0.2) is 11.2 Å². The number of anilines is 1. The van der Waals surface area contributed by atoms with Gasteiger partial charge in [0.25, 0.3) is 0 Å². The molecular formula is C22H24N6O2. The Bertz CT molecular complexity index is 1090. The Labute approximate surface area is 174 Å². The van der Waals surface area contributed by atoms with Gasteiger partial charge in [-0.1, -0.05) is 26.0 Å². The first-order valence-electron chi connectivity index (χ1n) is 10.1. The number of hydrogen-bond acceptors (Lipinski definition) is 6. The van der Waals surface area contributed by atoms with Gasteiger partial charge >= 0.3 is 0 Å². The van der Waals surface area contributed by atoms with Crippen LogP contribution in [0.4, 0.5) is 5.69 Å². The molecule has 2 N–H and O–H groups in total. The molecule has 0 saturated carbocycles. The van der Waals surface area contributed by atoms with Crippen LogP contribution in [0, 0.1) is 0 Å². The zero-order chi connectivity index (χ0) is 20.9. The Morgan fingerprint density at radius 1 is 1.17 bits per heavy atom. The summed E-state index contributed by atoms with van der Waals surface area (Å²) in [5, 5.41) is 10.2. The summed E-state index contributed by atoms with van der Waals surface area (Å²) < 4.78 is 5.82. The fraction of sp³-hybridized carbons (Fsp3) is 0.273. The van der Waals surface area contributed by atoms with Crippen LogP contribution < -0.4 is 5.32 Å². The first kappa shape index (κ1) is 19.8. The van der Waals surface area contributed by atoms with E-state index in [1.165, 1.54) is 0 Å². The molecule has 0 unspecified atom stereocenters. The molecule has 4 rings (SSSR count). The molecule has 4 aromatic rings. The summed E-state index contributed by atoms with van der Waals surface area (Å²) in [7, 11) is 0. The molecule has 0 spiro atoms. The normalized spacial score (nSPS) is 11.3. The highest BCUT2D eigenvalue weighted by Gasteiger charge is 2.17. The fourth-order valence-electron chi connectivity index (χ4n) is 3.29. The first-order valence-corrected chi connectivity index (χ1v) is 10.1. The van der Waals surface area contributed by atoms with Crippen molar-refractivity contribution in [2.24, 2.45) is 0 Å². The lowest BCUT2D eigenvalue weighted by molar-refractivity contribution is -0.116. The van der Waals surface area contributed by atoms with E-state index >= 15 is 0 Å². The predicted molar refractivity (Wildman–Crippen MR) is 116 cm³/mol. The van der Waals surface area contributed by atoms with Crippen molar-refractivity contribution in [1.29, 1.82) is 0 Å². The number of nitrogens with one attached hydrogen (secondary N) is 2. The molecule has 154 valence electrons. The Balaban J connectivity index is 1.47. The number of H-pyrrole nitrogens is 1. The van der Waals surface area contributed by atoms with Gasteiger partial charge in [-0.15, -0.1) is 0 Å². The lowest BCUT2D eigenvalue weighted by Crippen LogP contribution is -2.27. The Morgan fingerprint density at radius 3 is 2.70 bits per heavy atom. The quantitative estimate of drug-likeness (QED) is 0.461. The minimum absolute atomic E-state index is 0.00841. The molecule has 1 aromatic carbocycles. The summed E-state index contributed by atoms with van der Waals surface area (Å²) in [5.74, 6) is 0.468. The van der Waals surface area contributed by atoms with Crippen LogP contribution in [-0.4, -0.2) is 50.6 Å². The largest absolute Gasteiger partial charge is 0.434 e. The van der Waals surface area contributed by atoms with E-state index in [0.29, 0.717) is 23.5 Å². The van der Waals surface area contributed by atoms with Gasteiger partial charge in [-0.05, 0) is 37.4 Å². The van der Waals surface area contributed by atoms with Gasteiger partial charge in [-0.25, -0.2) is 4.98 Å². The monoisotopic (exact) mass is 404 g/mol. The van der Waals surface area contributed by atoms with Crippen molar-refractivity contribution in [3.05, 3.63) is 48.8 Å². The number of aromatic nitrogens is 4. The van der Waals surface area contributed by atoms with Crippen LogP contribution >= 0.6 is 0 Å². The number of hydrogen-bond donors (Lipinski definition) is 2. The molecular weight excluding hydrogens is 380 g/mol. The first-order chi connectivity index (χ1) is 14.7. The van der Waals surface area contributed by atoms with E-state index in [9.17, 15) is 4.79 Å². The summed E-state index contributed by atoms with van der Waals surface area (Å²) in [6.07, 6.45) is 3.90. The van der Waals surface area contributed by atoms with Crippen molar-refractivity contribution in [3.63, 3.8) is 0 Å². The maximum atomic E-state index is 12.2. The van der Waals surface area contributed by atoms with Crippen LogP contribution in [-0.2, 0) is 4.79 Å². The highest BCUT2D eigenvalue weighted by molar-refractivity contribution is 5.91. The second-order valence-corrected chi connectivity index (χ2v) is 6.89. The highest BCUT2D eigenvalue weighted by Crippen LogP contribution is 2.31. The highest BCUT2D eigenvalue weighted by atomic mass is 16.3. The summed E-state index contributed by atoms with van der Waals surface area (Å²) in [6, 6.07) is 11.2. The number of pyridine rings is 1. The van der Waals surface area contributed by atoms with E-state index < -0.39 is 0 Å². The maximum Gasteiger partial charge on any atom is 0.232 e. The number of amides is 1. The molecule has 0 aliphatic heterocycles. The van der Waals surface area contributed by atoms with Gasteiger partial charge in [0, 0.05) is 36.6 Å². The molecule has 1 amide bonds. The Hall–Kier alpha value is -3.52. The van der Waals surface area contributed by atoms with Gasteiger partial charge in [-0.3, -0.25) is 9.89 Å². The third-order valence-corrected chi connectivity index (χ3v) is 5.03. The number of carbonyl (C=O) groups excluding carboxylic acids is 1. The Morgan fingerprint density at radius 2 is 1.97 bits per heavy atom.